The summed E-state index contributed by atoms with van der Waals surface area (Å²) in [4.78, 5) is 18.6. The van der Waals surface area contributed by atoms with Gasteiger partial charge in [0, 0.05) is 6.92 Å². The molecule has 1 atom stereocenters. The number of aliphatic imine (C=N–C) groups is 1. The number of rotatable bonds is 2. The number of esters is 1. The van der Waals surface area contributed by atoms with E-state index in [2.05, 4.69) is 20.0 Å². The van der Waals surface area contributed by atoms with Crippen molar-refractivity contribution in [3.8, 4) is 0 Å². The molecule has 1 aliphatic heterocycles. The van der Waals surface area contributed by atoms with Gasteiger partial charge in [-0.15, -0.1) is 5.48 Å². The summed E-state index contributed by atoms with van der Waals surface area (Å²) in [7, 11) is 0. The highest BCUT2D eigenvalue weighted by atomic mass is 16.7. The third kappa shape index (κ3) is 2.02. The largest absolute Gasteiger partial charge is 0.462 e. The van der Waals surface area contributed by atoms with E-state index in [-0.39, 0.29) is 18.7 Å². The van der Waals surface area contributed by atoms with Crippen molar-refractivity contribution in [3.05, 3.63) is 0 Å². The highest BCUT2D eigenvalue weighted by Gasteiger charge is 2.11. The number of hydrogen-bond donors (Lipinski definition) is 1. The van der Waals surface area contributed by atoms with E-state index in [4.69, 9.17) is 0 Å². The molecule has 0 amide bonds. The summed E-state index contributed by atoms with van der Waals surface area (Å²) < 4.78 is 4.63. The number of nitrogens with zero attached hydrogens (tertiary/aromatic N) is 1. The Bertz CT molecular complexity index is 157. The van der Waals surface area contributed by atoms with Crippen molar-refractivity contribution in [2.75, 3.05) is 6.61 Å². The molecule has 1 rings (SSSR count). The molecule has 1 N–H and O–H groups in total. The van der Waals surface area contributed by atoms with Gasteiger partial charge in [0.1, 0.15) is 6.61 Å². The van der Waals surface area contributed by atoms with Gasteiger partial charge in [0.25, 0.3) is 0 Å². The molecule has 0 aromatic heterocycles. The average Bonchev–Trinajstić information content (AvgIpc) is 2.34. The van der Waals surface area contributed by atoms with Crippen LogP contribution in [0.5, 0.6) is 0 Å². The van der Waals surface area contributed by atoms with Crippen LogP contribution in [0.4, 0.5) is 0 Å². The molecular weight excluding hydrogens is 136 g/mol. The molecule has 1 heterocycles. The zero-order chi connectivity index (χ0) is 7.40. The SMILES string of the molecule is CC(=O)OCC1N=CON1. The normalized spacial score (nSPS) is 22.3. The molecule has 0 saturated heterocycles. The van der Waals surface area contributed by atoms with Crippen LogP contribution >= 0.6 is 0 Å². The Kier molecular flexibility index (Phi) is 2.22. The highest BCUT2D eigenvalue weighted by molar-refractivity contribution is 5.65. The van der Waals surface area contributed by atoms with Crippen molar-refractivity contribution >= 4 is 12.4 Å². The lowest BCUT2D eigenvalue weighted by Gasteiger charge is -2.04. The second-order valence-electron chi connectivity index (χ2n) is 1.81. The Morgan fingerprint density at radius 2 is 2.80 bits per heavy atom. The first kappa shape index (κ1) is 7.01. The van der Waals surface area contributed by atoms with E-state index in [1.165, 1.54) is 13.3 Å². The number of ether oxygens (including phenoxy) is 1. The van der Waals surface area contributed by atoms with Gasteiger partial charge in [-0.2, -0.15) is 0 Å². The molecule has 1 unspecified atom stereocenters. The van der Waals surface area contributed by atoms with E-state index in [0.717, 1.165) is 0 Å². The van der Waals surface area contributed by atoms with Crippen molar-refractivity contribution in [1.82, 2.24) is 5.48 Å². The van der Waals surface area contributed by atoms with Crippen LogP contribution in [-0.2, 0) is 14.4 Å². The lowest BCUT2D eigenvalue weighted by atomic mass is 10.6. The van der Waals surface area contributed by atoms with Gasteiger partial charge in [0.15, 0.2) is 12.6 Å². The summed E-state index contributed by atoms with van der Waals surface area (Å²) in [5.74, 6) is -0.316. The molecule has 10 heavy (non-hydrogen) atoms. The van der Waals surface area contributed by atoms with Crippen molar-refractivity contribution in [2.45, 2.75) is 13.1 Å². The first-order chi connectivity index (χ1) is 4.79. The number of carbonyl (C=O) groups excluding carboxylic acids is 1. The van der Waals surface area contributed by atoms with Gasteiger partial charge in [0.05, 0.1) is 0 Å². The number of nitrogens with one attached hydrogen (secondary N) is 1. The third-order valence-electron chi connectivity index (χ3n) is 0.942. The molecule has 5 heteroatoms. The molecule has 5 nitrogen and oxygen atoms in total. The molecular formula is C5H8N2O3. The highest BCUT2D eigenvalue weighted by Crippen LogP contribution is 1.92. The zero-order valence-electron chi connectivity index (χ0n) is 5.53. The van der Waals surface area contributed by atoms with E-state index in [1.807, 2.05) is 0 Å². The van der Waals surface area contributed by atoms with Gasteiger partial charge in [-0.05, 0) is 0 Å². The fraction of sp³-hybridized carbons (Fsp3) is 0.600. The second kappa shape index (κ2) is 3.17. The summed E-state index contributed by atoms with van der Waals surface area (Å²) in [6, 6.07) is 0. The first-order valence-electron chi connectivity index (χ1n) is 2.85. The van der Waals surface area contributed by atoms with Crippen molar-refractivity contribution in [3.63, 3.8) is 0 Å². The number of carbonyl (C=O) groups is 1. The van der Waals surface area contributed by atoms with Gasteiger partial charge in [0.2, 0.25) is 0 Å². The summed E-state index contributed by atoms with van der Waals surface area (Å²) in [6.07, 6.45) is 1.03. The maximum Gasteiger partial charge on any atom is 0.302 e. The molecule has 0 fully saturated rings. The van der Waals surface area contributed by atoms with Crippen LogP contribution < -0.4 is 5.48 Å². The molecule has 0 aromatic rings. The Hall–Kier alpha value is -1.10. The van der Waals surface area contributed by atoms with Gasteiger partial charge in [-0.1, -0.05) is 0 Å². The Morgan fingerprint density at radius 1 is 2.00 bits per heavy atom. The first-order valence-corrected chi connectivity index (χ1v) is 2.85. The van der Waals surface area contributed by atoms with Gasteiger partial charge < -0.3 is 9.57 Å². The van der Waals surface area contributed by atoms with Gasteiger partial charge >= 0.3 is 5.97 Å². The lowest BCUT2D eigenvalue weighted by molar-refractivity contribution is -0.142. The number of hydrogen-bond acceptors (Lipinski definition) is 5. The van der Waals surface area contributed by atoms with E-state index in [0.29, 0.717) is 0 Å². The topological polar surface area (TPSA) is 59.9 Å². The molecule has 0 aromatic carbocycles. The summed E-state index contributed by atoms with van der Waals surface area (Å²) >= 11 is 0. The van der Waals surface area contributed by atoms with E-state index >= 15 is 0 Å². The minimum atomic E-state index is -0.316. The van der Waals surface area contributed by atoms with Crippen LogP contribution in [0.15, 0.2) is 4.99 Å². The Balaban J connectivity index is 2.13. The molecule has 56 valence electrons. The maximum atomic E-state index is 10.3. The molecule has 0 saturated carbocycles. The monoisotopic (exact) mass is 144 g/mol. The molecule has 0 spiro atoms. The van der Waals surface area contributed by atoms with Crippen LogP contribution in [0.1, 0.15) is 6.92 Å². The van der Waals surface area contributed by atoms with Crippen LogP contribution in [-0.4, -0.2) is 25.1 Å². The predicted octanol–water partition coefficient (Wildman–Crippen LogP) is -0.561. The zero-order valence-corrected chi connectivity index (χ0v) is 5.53. The Morgan fingerprint density at radius 3 is 3.30 bits per heavy atom. The van der Waals surface area contributed by atoms with Crippen LogP contribution in [0, 0.1) is 0 Å². The molecule has 0 bridgehead atoms. The van der Waals surface area contributed by atoms with Crippen molar-refractivity contribution in [1.29, 1.82) is 0 Å². The fourth-order valence-electron chi connectivity index (χ4n) is 0.517. The molecule has 1 aliphatic rings. The third-order valence-corrected chi connectivity index (χ3v) is 0.942. The fourth-order valence-corrected chi connectivity index (χ4v) is 0.517. The summed E-state index contributed by atoms with van der Waals surface area (Å²) in [5, 5.41) is 0. The van der Waals surface area contributed by atoms with Crippen molar-refractivity contribution in [2.24, 2.45) is 4.99 Å². The molecule has 0 aliphatic carbocycles. The average molecular weight is 144 g/mol. The van der Waals surface area contributed by atoms with Crippen LogP contribution in [0.3, 0.4) is 0 Å². The predicted molar refractivity (Wildman–Crippen MR) is 33.1 cm³/mol. The Labute approximate surface area is 58.0 Å². The van der Waals surface area contributed by atoms with E-state index in [1.54, 1.807) is 0 Å². The maximum absolute atomic E-state index is 10.3. The van der Waals surface area contributed by atoms with Crippen LogP contribution in [0.2, 0.25) is 0 Å². The van der Waals surface area contributed by atoms with Gasteiger partial charge in [-0.3, -0.25) is 4.79 Å². The summed E-state index contributed by atoms with van der Waals surface area (Å²) in [5.41, 5.74) is 2.51. The smallest absolute Gasteiger partial charge is 0.302 e. The standard InChI is InChI=1S/C5H8N2O3/c1-4(8)9-2-5-6-3-10-7-5/h3,5,7H,2H2,1H3. The summed E-state index contributed by atoms with van der Waals surface area (Å²) in [6.45, 7) is 1.56. The van der Waals surface area contributed by atoms with Crippen molar-refractivity contribution < 1.29 is 14.4 Å². The molecule has 0 radical (unpaired) electrons. The minimum Gasteiger partial charge on any atom is -0.462 e. The lowest BCUT2D eigenvalue weighted by Crippen LogP contribution is -2.26. The minimum absolute atomic E-state index is 0.214. The second-order valence-corrected chi connectivity index (χ2v) is 1.81. The van der Waals surface area contributed by atoms with Crippen LogP contribution in [0.25, 0.3) is 0 Å². The van der Waals surface area contributed by atoms with Gasteiger partial charge in [-0.25, -0.2) is 4.99 Å². The van der Waals surface area contributed by atoms with E-state index < -0.39 is 0 Å². The number of hydroxylamine groups is 1. The van der Waals surface area contributed by atoms with E-state index in [9.17, 15) is 4.79 Å². The quantitative estimate of drug-likeness (QED) is 0.528.